The van der Waals surface area contributed by atoms with Crippen molar-refractivity contribution in [1.29, 1.82) is 0 Å². The van der Waals surface area contributed by atoms with E-state index < -0.39 is 0 Å². The fourth-order valence-electron chi connectivity index (χ4n) is 3.07. The van der Waals surface area contributed by atoms with E-state index in [1.807, 2.05) is 19.1 Å². The van der Waals surface area contributed by atoms with E-state index in [1.54, 1.807) is 14.2 Å². The molecule has 0 aromatic heterocycles. The number of aliphatic imine (C=N–C) groups is 1. The van der Waals surface area contributed by atoms with Crippen LogP contribution in [0.1, 0.15) is 45.1 Å². The topological polar surface area (TPSA) is 64.1 Å². The van der Waals surface area contributed by atoms with Crippen LogP contribution in [0.25, 0.3) is 0 Å². The molecular weight excluding hydrogens is 445 g/mol. The third-order valence-electron chi connectivity index (χ3n) is 4.27. The number of ether oxygens (including phenoxy) is 3. The van der Waals surface area contributed by atoms with E-state index in [0.29, 0.717) is 36.4 Å². The van der Waals surface area contributed by atoms with Gasteiger partial charge in [0, 0.05) is 12.6 Å². The van der Waals surface area contributed by atoms with Crippen LogP contribution in [-0.4, -0.2) is 39.4 Å². The van der Waals surface area contributed by atoms with Gasteiger partial charge in [0.05, 0.1) is 27.4 Å². The van der Waals surface area contributed by atoms with Gasteiger partial charge in [-0.05, 0) is 44.4 Å². The minimum Gasteiger partial charge on any atom is -0.493 e. The van der Waals surface area contributed by atoms with Crippen LogP contribution in [0.5, 0.6) is 17.2 Å². The molecule has 0 unspecified atom stereocenters. The zero-order chi connectivity index (χ0) is 18.1. The van der Waals surface area contributed by atoms with E-state index in [4.69, 9.17) is 19.2 Å². The van der Waals surface area contributed by atoms with E-state index in [2.05, 4.69) is 17.6 Å². The molecule has 0 amide bonds. The molecule has 26 heavy (non-hydrogen) atoms. The number of nitrogens with one attached hydrogen (secondary N) is 2. The second-order valence-corrected chi connectivity index (χ2v) is 6.08. The monoisotopic (exact) mass is 477 g/mol. The lowest BCUT2D eigenvalue weighted by molar-refractivity contribution is 0.288. The number of nitrogens with zero attached hydrogens (tertiary/aromatic N) is 1. The normalized spacial score (nSPS) is 14.5. The molecule has 1 aromatic rings. The van der Waals surface area contributed by atoms with E-state index in [0.717, 1.165) is 18.1 Å². The molecule has 6 nitrogen and oxygen atoms in total. The number of methoxy groups -OCH3 is 2. The fraction of sp³-hybridized carbons (Fsp3) is 0.632. The van der Waals surface area contributed by atoms with Crippen LogP contribution in [-0.2, 0) is 6.54 Å². The van der Waals surface area contributed by atoms with Crippen molar-refractivity contribution in [3.05, 3.63) is 17.7 Å². The maximum atomic E-state index is 5.65. The van der Waals surface area contributed by atoms with Crippen molar-refractivity contribution in [1.82, 2.24) is 10.6 Å². The summed E-state index contributed by atoms with van der Waals surface area (Å²) < 4.78 is 16.6. The first-order chi connectivity index (χ1) is 12.2. The van der Waals surface area contributed by atoms with Crippen molar-refractivity contribution < 1.29 is 14.2 Å². The van der Waals surface area contributed by atoms with Crippen molar-refractivity contribution in [2.45, 2.75) is 52.1 Å². The van der Waals surface area contributed by atoms with Crippen molar-refractivity contribution in [2.75, 3.05) is 27.4 Å². The molecule has 1 fully saturated rings. The van der Waals surface area contributed by atoms with Crippen molar-refractivity contribution in [3.8, 4) is 17.2 Å². The second-order valence-electron chi connectivity index (χ2n) is 6.08. The van der Waals surface area contributed by atoms with E-state index in [9.17, 15) is 0 Å². The summed E-state index contributed by atoms with van der Waals surface area (Å²) in [5, 5.41) is 6.85. The van der Waals surface area contributed by atoms with Crippen LogP contribution < -0.4 is 24.8 Å². The smallest absolute Gasteiger partial charge is 0.203 e. The molecule has 0 saturated heterocycles. The van der Waals surface area contributed by atoms with Crippen molar-refractivity contribution >= 4 is 29.9 Å². The molecule has 0 bridgehead atoms. The fourth-order valence-corrected chi connectivity index (χ4v) is 3.07. The predicted molar refractivity (Wildman–Crippen MR) is 116 cm³/mol. The molecular formula is C19H32IN3O3. The summed E-state index contributed by atoms with van der Waals surface area (Å²) in [4.78, 5) is 4.72. The summed E-state index contributed by atoms with van der Waals surface area (Å²) >= 11 is 0. The molecule has 0 aliphatic heterocycles. The Balaban J connectivity index is 0.00000338. The van der Waals surface area contributed by atoms with Crippen molar-refractivity contribution in [3.63, 3.8) is 0 Å². The SMILES string of the molecule is CCNC(=NCc1cc(OC)c(OCC)c(OC)c1)NC1CCCC1.I. The van der Waals surface area contributed by atoms with Gasteiger partial charge in [-0.2, -0.15) is 0 Å². The summed E-state index contributed by atoms with van der Waals surface area (Å²) in [6.45, 7) is 5.96. The molecule has 1 aliphatic rings. The zero-order valence-electron chi connectivity index (χ0n) is 16.3. The lowest BCUT2D eigenvalue weighted by Gasteiger charge is -2.17. The van der Waals surface area contributed by atoms with Crippen LogP contribution in [0.4, 0.5) is 0 Å². The summed E-state index contributed by atoms with van der Waals surface area (Å²) in [5.74, 6) is 2.83. The summed E-state index contributed by atoms with van der Waals surface area (Å²) in [6.07, 6.45) is 5.03. The van der Waals surface area contributed by atoms with Crippen LogP contribution in [0.15, 0.2) is 17.1 Å². The van der Waals surface area contributed by atoms with Gasteiger partial charge in [0.25, 0.3) is 0 Å². The first-order valence-electron chi connectivity index (χ1n) is 9.14. The first-order valence-corrected chi connectivity index (χ1v) is 9.14. The van der Waals surface area contributed by atoms with Crippen molar-refractivity contribution in [2.24, 2.45) is 4.99 Å². The van der Waals surface area contributed by atoms with E-state index in [-0.39, 0.29) is 24.0 Å². The van der Waals surface area contributed by atoms with Crippen LogP contribution in [0.2, 0.25) is 0 Å². The second kappa shape index (κ2) is 12.1. The zero-order valence-corrected chi connectivity index (χ0v) is 18.6. The minimum atomic E-state index is 0. The third kappa shape index (κ3) is 6.41. The van der Waals surface area contributed by atoms with E-state index in [1.165, 1.54) is 25.7 Å². The van der Waals surface area contributed by atoms with Crippen LogP contribution in [0, 0.1) is 0 Å². The molecule has 0 spiro atoms. The highest BCUT2D eigenvalue weighted by Gasteiger charge is 2.16. The van der Waals surface area contributed by atoms with Gasteiger partial charge >= 0.3 is 0 Å². The molecule has 0 radical (unpaired) electrons. The van der Waals surface area contributed by atoms with Crippen LogP contribution in [0.3, 0.4) is 0 Å². The van der Waals surface area contributed by atoms with Gasteiger partial charge in [-0.1, -0.05) is 12.8 Å². The van der Waals surface area contributed by atoms with Crippen LogP contribution >= 0.6 is 24.0 Å². The Morgan fingerprint density at radius 1 is 1.12 bits per heavy atom. The highest BCUT2D eigenvalue weighted by molar-refractivity contribution is 14.0. The highest BCUT2D eigenvalue weighted by atomic mass is 127. The predicted octanol–water partition coefficient (Wildman–Crippen LogP) is 3.72. The number of rotatable bonds is 8. The summed E-state index contributed by atoms with van der Waals surface area (Å²) in [7, 11) is 3.27. The number of guanidine groups is 1. The Bertz CT molecular complexity index is 550. The Morgan fingerprint density at radius 2 is 1.73 bits per heavy atom. The Labute approximate surface area is 174 Å². The lowest BCUT2D eigenvalue weighted by atomic mass is 10.2. The number of halogens is 1. The lowest BCUT2D eigenvalue weighted by Crippen LogP contribution is -2.42. The number of hydrogen-bond donors (Lipinski definition) is 2. The van der Waals surface area contributed by atoms with Gasteiger partial charge in [0.15, 0.2) is 17.5 Å². The molecule has 1 aromatic carbocycles. The standard InChI is InChI=1S/C19H31N3O3.HI/c1-5-20-19(22-15-9-7-8-10-15)21-13-14-11-16(23-3)18(25-6-2)17(12-14)24-4;/h11-12,15H,5-10,13H2,1-4H3,(H2,20,21,22);1H. The molecule has 2 rings (SSSR count). The molecule has 1 aliphatic carbocycles. The summed E-state index contributed by atoms with van der Waals surface area (Å²) in [5.41, 5.74) is 1.01. The van der Waals surface area contributed by atoms with Gasteiger partial charge in [0.1, 0.15) is 0 Å². The molecule has 0 atom stereocenters. The molecule has 0 heterocycles. The van der Waals surface area contributed by atoms with Gasteiger partial charge in [-0.25, -0.2) is 4.99 Å². The van der Waals surface area contributed by atoms with Gasteiger partial charge < -0.3 is 24.8 Å². The largest absolute Gasteiger partial charge is 0.493 e. The summed E-state index contributed by atoms with van der Waals surface area (Å²) in [6, 6.07) is 4.44. The molecule has 2 N–H and O–H groups in total. The van der Waals surface area contributed by atoms with Gasteiger partial charge in [-0.3, -0.25) is 0 Å². The number of benzene rings is 1. The Kier molecular flexibility index (Phi) is 10.5. The maximum absolute atomic E-state index is 5.65. The highest BCUT2D eigenvalue weighted by Crippen LogP contribution is 2.38. The average molecular weight is 477 g/mol. The molecule has 1 saturated carbocycles. The number of hydrogen-bond acceptors (Lipinski definition) is 4. The Morgan fingerprint density at radius 3 is 2.23 bits per heavy atom. The molecule has 7 heteroatoms. The third-order valence-corrected chi connectivity index (χ3v) is 4.27. The van der Waals surface area contributed by atoms with E-state index >= 15 is 0 Å². The maximum Gasteiger partial charge on any atom is 0.203 e. The quantitative estimate of drug-likeness (QED) is 0.340. The Hall–Kier alpha value is -1.38. The van der Waals surface area contributed by atoms with Gasteiger partial charge in [0.2, 0.25) is 5.75 Å². The average Bonchev–Trinajstić information content (AvgIpc) is 3.13. The minimum absolute atomic E-state index is 0. The van der Waals surface area contributed by atoms with Gasteiger partial charge in [-0.15, -0.1) is 24.0 Å². The molecule has 148 valence electrons. The first kappa shape index (κ1) is 22.7.